The van der Waals surface area contributed by atoms with Crippen molar-refractivity contribution in [1.82, 2.24) is 0 Å². The molecule has 1 aliphatic heterocycles. The van der Waals surface area contributed by atoms with Gasteiger partial charge in [0.05, 0.1) is 0 Å². The Morgan fingerprint density at radius 1 is 1.00 bits per heavy atom. The molecule has 1 aliphatic rings. The van der Waals surface area contributed by atoms with Gasteiger partial charge in [0, 0.05) is 0 Å². The number of esters is 1. The molecule has 0 saturated carbocycles. The molecule has 0 radical (unpaired) electrons. The minimum absolute atomic E-state index is 0.0435. The quantitative estimate of drug-likeness (QED) is 0.681. The summed E-state index contributed by atoms with van der Waals surface area (Å²) >= 11 is 0.0435. The summed E-state index contributed by atoms with van der Waals surface area (Å²) in [6.45, 7) is 0. The molecule has 0 amide bonds. The van der Waals surface area contributed by atoms with Crippen LogP contribution in [0.5, 0.6) is 0 Å². The maximum atomic E-state index is 11.7. The summed E-state index contributed by atoms with van der Waals surface area (Å²) in [7, 11) is 0. The van der Waals surface area contributed by atoms with Gasteiger partial charge in [-0.3, -0.25) is 0 Å². The molecular weight excluding hydrogens is 331 g/mol. The Hall–Kier alpha value is -1.61. The van der Waals surface area contributed by atoms with E-state index in [4.69, 9.17) is 4.74 Å². The van der Waals surface area contributed by atoms with Gasteiger partial charge in [0.2, 0.25) is 0 Å². The summed E-state index contributed by atoms with van der Waals surface area (Å²) in [5.41, 5.74) is 0.951. The predicted molar refractivity (Wildman–Crippen MR) is 81.5 cm³/mol. The Kier molecular flexibility index (Phi) is 4.39. The number of carbonyl (C=O) groups is 1. The van der Waals surface area contributed by atoms with E-state index in [2.05, 4.69) is 12.1 Å². The van der Waals surface area contributed by atoms with E-state index in [0.29, 0.717) is 0 Å². The van der Waals surface area contributed by atoms with Gasteiger partial charge < -0.3 is 0 Å². The molecule has 1 fully saturated rings. The van der Waals surface area contributed by atoms with E-state index in [0.717, 1.165) is 5.56 Å². The first-order chi connectivity index (χ1) is 10.2. The minimum atomic E-state index is -0.642. The first kappa shape index (κ1) is 14.3. The van der Waals surface area contributed by atoms with Crippen LogP contribution >= 0.6 is 0 Å². The first-order valence-corrected chi connectivity index (χ1v) is 8.73. The molecule has 0 spiro atoms. The molecule has 2 aromatic carbocycles. The third kappa shape index (κ3) is 3.35. The van der Waals surface area contributed by atoms with Crippen LogP contribution in [0.1, 0.15) is 18.1 Å². The third-order valence-corrected chi connectivity index (χ3v) is 6.35. The van der Waals surface area contributed by atoms with E-state index < -0.39 is 6.10 Å². The number of aliphatic hydroxyl groups is 1. The fourth-order valence-electron chi connectivity index (χ4n) is 2.44. The molecule has 1 N–H and O–H groups in total. The fraction of sp³-hybridized carbons (Fsp3) is 0.235. The summed E-state index contributed by atoms with van der Waals surface area (Å²) in [4.78, 5) is 11.6. The SMILES string of the molecule is O=C1C[C@@H](O)[C@H]([Se]c2ccccc2)[C@@H](c2ccccc2)O1. The van der Waals surface area contributed by atoms with Crippen molar-refractivity contribution in [2.45, 2.75) is 23.4 Å². The average molecular weight is 347 g/mol. The summed E-state index contributed by atoms with van der Waals surface area (Å²) in [6, 6.07) is 19.8. The summed E-state index contributed by atoms with van der Waals surface area (Å²) in [5, 5.41) is 10.3. The van der Waals surface area contributed by atoms with Crippen molar-refractivity contribution < 1.29 is 14.6 Å². The number of cyclic esters (lactones) is 1. The van der Waals surface area contributed by atoms with Crippen molar-refractivity contribution in [3.05, 3.63) is 66.2 Å². The maximum absolute atomic E-state index is 11.7. The molecule has 1 heterocycles. The van der Waals surface area contributed by atoms with Crippen LogP contribution in [0.4, 0.5) is 0 Å². The number of ether oxygens (including phenoxy) is 1. The molecule has 2 aromatic rings. The Morgan fingerprint density at radius 3 is 2.29 bits per heavy atom. The second-order valence-corrected chi connectivity index (χ2v) is 7.61. The van der Waals surface area contributed by atoms with Gasteiger partial charge in [0.1, 0.15) is 0 Å². The Labute approximate surface area is 130 Å². The molecule has 1 saturated heterocycles. The van der Waals surface area contributed by atoms with Crippen LogP contribution in [-0.4, -0.2) is 32.1 Å². The molecule has 4 heteroatoms. The summed E-state index contributed by atoms with van der Waals surface area (Å²) in [5.74, 6) is -0.323. The Bertz CT molecular complexity index is 600. The number of rotatable bonds is 3. The van der Waals surface area contributed by atoms with Crippen LogP contribution in [0.3, 0.4) is 0 Å². The van der Waals surface area contributed by atoms with Gasteiger partial charge in [-0.15, -0.1) is 0 Å². The molecular formula is C17H16O3Se. The van der Waals surface area contributed by atoms with E-state index in [1.807, 2.05) is 48.5 Å². The Balaban J connectivity index is 1.88. The number of aliphatic hydroxyl groups excluding tert-OH is 1. The number of benzene rings is 2. The topological polar surface area (TPSA) is 46.5 Å². The van der Waals surface area contributed by atoms with Crippen molar-refractivity contribution in [1.29, 1.82) is 0 Å². The molecule has 0 unspecified atom stereocenters. The average Bonchev–Trinajstić information content (AvgIpc) is 2.51. The van der Waals surface area contributed by atoms with Crippen molar-refractivity contribution >= 4 is 25.4 Å². The van der Waals surface area contributed by atoms with Crippen LogP contribution < -0.4 is 4.46 Å². The second-order valence-electron chi connectivity index (χ2n) is 4.99. The number of hydrogen-bond acceptors (Lipinski definition) is 3. The number of hydrogen-bond donors (Lipinski definition) is 1. The second kappa shape index (κ2) is 6.44. The van der Waals surface area contributed by atoms with Gasteiger partial charge in [0.25, 0.3) is 0 Å². The van der Waals surface area contributed by atoms with Crippen LogP contribution in [0.25, 0.3) is 0 Å². The zero-order valence-corrected chi connectivity index (χ0v) is 13.1. The fourth-order valence-corrected chi connectivity index (χ4v) is 5.00. The van der Waals surface area contributed by atoms with Crippen molar-refractivity contribution in [2.24, 2.45) is 0 Å². The van der Waals surface area contributed by atoms with Crippen LogP contribution in [0.2, 0.25) is 4.82 Å². The standard InChI is InChI=1S/C17H16O3Se/c18-14-11-15(19)20-16(12-7-3-1-4-8-12)17(14)21-13-9-5-2-6-10-13/h1-10,14,16-18H,11H2/t14-,16-,17+/m1/s1. The van der Waals surface area contributed by atoms with Gasteiger partial charge >= 0.3 is 130 Å². The van der Waals surface area contributed by atoms with Gasteiger partial charge in [-0.2, -0.15) is 0 Å². The van der Waals surface area contributed by atoms with Crippen LogP contribution in [0, 0.1) is 0 Å². The van der Waals surface area contributed by atoms with Gasteiger partial charge in [0.15, 0.2) is 0 Å². The third-order valence-electron chi connectivity index (χ3n) is 3.46. The van der Waals surface area contributed by atoms with E-state index in [1.54, 1.807) is 0 Å². The van der Waals surface area contributed by atoms with Gasteiger partial charge in [-0.25, -0.2) is 0 Å². The van der Waals surface area contributed by atoms with Crippen molar-refractivity contribution in [3.8, 4) is 0 Å². The van der Waals surface area contributed by atoms with Gasteiger partial charge in [-0.1, -0.05) is 0 Å². The number of carbonyl (C=O) groups excluding carboxylic acids is 1. The van der Waals surface area contributed by atoms with E-state index >= 15 is 0 Å². The van der Waals surface area contributed by atoms with E-state index in [-0.39, 0.29) is 38.3 Å². The molecule has 3 nitrogen and oxygen atoms in total. The van der Waals surface area contributed by atoms with E-state index in [1.165, 1.54) is 4.46 Å². The van der Waals surface area contributed by atoms with Crippen LogP contribution in [-0.2, 0) is 9.53 Å². The monoisotopic (exact) mass is 348 g/mol. The molecule has 3 atom stereocenters. The normalized spacial score (nSPS) is 25.4. The zero-order chi connectivity index (χ0) is 14.7. The molecule has 21 heavy (non-hydrogen) atoms. The molecule has 0 aromatic heterocycles. The molecule has 0 bridgehead atoms. The molecule has 108 valence electrons. The van der Waals surface area contributed by atoms with Crippen molar-refractivity contribution in [2.75, 3.05) is 0 Å². The molecule has 3 rings (SSSR count). The first-order valence-electron chi connectivity index (χ1n) is 6.88. The van der Waals surface area contributed by atoms with Crippen molar-refractivity contribution in [3.63, 3.8) is 0 Å². The van der Waals surface area contributed by atoms with E-state index in [9.17, 15) is 9.90 Å². The molecule has 0 aliphatic carbocycles. The van der Waals surface area contributed by atoms with Gasteiger partial charge in [-0.05, 0) is 0 Å². The summed E-state index contributed by atoms with van der Waals surface area (Å²) < 4.78 is 6.75. The zero-order valence-electron chi connectivity index (χ0n) is 11.4. The Morgan fingerprint density at radius 2 is 1.62 bits per heavy atom. The summed E-state index contributed by atoms with van der Waals surface area (Å²) in [6.07, 6.45) is -0.915. The van der Waals surface area contributed by atoms with Crippen LogP contribution in [0.15, 0.2) is 60.7 Å². The predicted octanol–water partition coefficient (Wildman–Crippen LogP) is 1.85.